The number of nitrogens with two attached hydrogens (primary N) is 1. The molecular formula is C12H21FN6. The van der Waals surface area contributed by atoms with Gasteiger partial charge in [-0.05, 0) is 19.5 Å². The van der Waals surface area contributed by atoms with Crippen LogP contribution >= 0.6 is 0 Å². The van der Waals surface area contributed by atoms with Crippen LogP contribution in [-0.2, 0) is 0 Å². The van der Waals surface area contributed by atoms with Gasteiger partial charge in [-0.3, -0.25) is 10.3 Å². The normalized spacial score (nSPS) is 19.2. The highest BCUT2D eigenvalue weighted by Crippen LogP contribution is 2.24. The average molecular weight is 268 g/mol. The van der Waals surface area contributed by atoms with Gasteiger partial charge in [0.2, 0.25) is 5.95 Å². The van der Waals surface area contributed by atoms with Crippen molar-refractivity contribution in [3.63, 3.8) is 0 Å². The molecule has 1 atom stereocenters. The van der Waals surface area contributed by atoms with Gasteiger partial charge >= 0.3 is 0 Å². The number of hydrazine groups is 1. The molecule has 1 aliphatic rings. The Balaban J connectivity index is 2.12. The minimum atomic E-state index is -0.404. The van der Waals surface area contributed by atoms with Crippen molar-refractivity contribution in [1.82, 2.24) is 14.9 Å². The van der Waals surface area contributed by atoms with Gasteiger partial charge in [-0.15, -0.1) is 0 Å². The fourth-order valence-electron chi connectivity index (χ4n) is 2.62. The summed E-state index contributed by atoms with van der Waals surface area (Å²) < 4.78 is 13.8. The van der Waals surface area contributed by atoms with Crippen LogP contribution in [0.4, 0.5) is 16.2 Å². The van der Waals surface area contributed by atoms with Crippen molar-refractivity contribution in [1.29, 1.82) is 0 Å². The second kappa shape index (κ2) is 6.12. The minimum Gasteiger partial charge on any atom is -0.352 e. The van der Waals surface area contributed by atoms with E-state index in [1.807, 2.05) is 4.90 Å². The highest BCUT2D eigenvalue weighted by Gasteiger charge is 2.28. The van der Waals surface area contributed by atoms with E-state index in [0.29, 0.717) is 11.9 Å². The Morgan fingerprint density at radius 1 is 1.53 bits per heavy atom. The Morgan fingerprint density at radius 2 is 2.26 bits per heavy atom. The lowest BCUT2D eigenvalue weighted by atomic mass is 10.2. The molecule has 1 fully saturated rings. The minimum absolute atomic E-state index is 0.239. The van der Waals surface area contributed by atoms with E-state index >= 15 is 0 Å². The highest BCUT2D eigenvalue weighted by molar-refractivity contribution is 5.44. The summed E-state index contributed by atoms with van der Waals surface area (Å²) in [6.07, 6.45) is 2.18. The van der Waals surface area contributed by atoms with E-state index in [1.165, 1.54) is 0 Å². The summed E-state index contributed by atoms with van der Waals surface area (Å²) in [6, 6.07) is 0.457. The quantitative estimate of drug-likeness (QED) is 0.608. The molecule has 0 aliphatic carbocycles. The van der Waals surface area contributed by atoms with Crippen LogP contribution in [0.2, 0.25) is 0 Å². The van der Waals surface area contributed by atoms with Crippen molar-refractivity contribution in [2.75, 3.05) is 36.5 Å². The summed E-state index contributed by atoms with van der Waals surface area (Å²) in [6.45, 7) is 7.91. The maximum atomic E-state index is 13.8. The smallest absolute Gasteiger partial charge is 0.239 e. The third-order valence-corrected chi connectivity index (χ3v) is 3.65. The van der Waals surface area contributed by atoms with Crippen LogP contribution in [0.3, 0.4) is 0 Å². The topological polar surface area (TPSA) is 70.3 Å². The van der Waals surface area contributed by atoms with Crippen LogP contribution in [-0.4, -0.2) is 47.1 Å². The molecule has 0 radical (unpaired) electrons. The molecule has 106 valence electrons. The van der Waals surface area contributed by atoms with E-state index in [0.717, 1.165) is 38.8 Å². The number of anilines is 2. The van der Waals surface area contributed by atoms with Crippen LogP contribution in [0.25, 0.3) is 0 Å². The molecule has 1 aromatic rings. The predicted molar refractivity (Wildman–Crippen MR) is 73.3 cm³/mol. The largest absolute Gasteiger partial charge is 0.352 e. The first kappa shape index (κ1) is 14.0. The van der Waals surface area contributed by atoms with Gasteiger partial charge in [-0.1, -0.05) is 13.8 Å². The van der Waals surface area contributed by atoms with Gasteiger partial charge in [0.15, 0.2) is 11.6 Å². The second-order valence-electron chi connectivity index (χ2n) is 4.62. The maximum Gasteiger partial charge on any atom is 0.239 e. The van der Waals surface area contributed by atoms with Crippen molar-refractivity contribution >= 4 is 11.8 Å². The summed E-state index contributed by atoms with van der Waals surface area (Å²) in [5, 5.41) is 0. The molecule has 19 heavy (non-hydrogen) atoms. The molecule has 1 aromatic heterocycles. The Kier molecular flexibility index (Phi) is 4.49. The SMILES string of the molecule is CCN(CC)C1CCN(c2nc(NN)ncc2F)C1. The molecule has 0 saturated carbocycles. The molecule has 0 spiro atoms. The van der Waals surface area contributed by atoms with Gasteiger partial charge in [-0.2, -0.15) is 4.98 Å². The van der Waals surface area contributed by atoms with Gasteiger partial charge in [-0.25, -0.2) is 15.2 Å². The third-order valence-electron chi connectivity index (χ3n) is 3.65. The molecule has 2 rings (SSSR count). The summed E-state index contributed by atoms with van der Waals surface area (Å²) in [5.74, 6) is 5.43. The van der Waals surface area contributed by atoms with E-state index in [1.54, 1.807) is 0 Å². The number of nitrogens with one attached hydrogen (secondary N) is 1. The lowest BCUT2D eigenvalue weighted by molar-refractivity contribution is 0.232. The zero-order valence-corrected chi connectivity index (χ0v) is 11.4. The molecule has 6 nitrogen and oxygen atoms in total. The lowest BCUT2D eigenvalue weighted by Gasteiger charge is -2.26. The summed E-state index contributed by atoms with van der Waals surface area (Å²) in [5.41, 5.74) is 2.35. The molecular weight excluding hydrogens is 247 g/mol. The Morgan fingerprint density at radius 3 is 2.89 bits per heavy atom. The Hall–Kier alpha value is -1.47. The second-order valence-corrected chi connectivity index (χ2v) is 4.62. The fraction of sp³-hybridized carbons (Fsp3) is 0.667. The molecule has 0 amide bonds. The first-order valence-corrected chi connectivity index (χ1v) is 6.67. The predicted octanol–water partition coefficient (Wildman–Crippen LogP) is 0.822. The first-order chi connectivity index (χ1) is 9.19. The van der Waals surface area contributed by atoms with Crippen molar-refractivity contribution in [2.24, 2.45) is 5.84 Å². The summed E-state index contributed by atoms with van der Waals surface area (Å²) in [7, 11) is 0. The molecule has 0 aromatic carbocycles. The number of hydrogen-bond donors (Lipinski definition) is 2. The molecule has 1 unspecified atom stereocenters. The van der Waals surface area contributed by atoms with Gasteiger partial charge in [0.1, 0.15) is 0 Å². The summed E-state index contributed by atoms with van der Waals surface area (Å²) >= 11 is 0. The number of nitrogens with zero attached hydrogens (tertiary/aromatic N) is 4. The fourth-order valence-corrected chi connectivity index (χ4v) is 2.62. The number of aromatic nitrogens is 2. The van der Waals surface area contributed by atoms with Crippen molar-refractivity contribution in [3.05, 3.63) is 12.0 Å². The Bertz CT molecular complexity index is 423. The standard InChI is InChI=1S/C12H21FN6/c1-3-18(4-2)9-5-6-19(8-9)11-10(13)7-15-12(16-11)17-14/h7,9H,3-6,8,14H2,1-2H3,(H,15,16,17). The number of halogens is 1. The molecule has 1 saturated heterocycles. The van der Waals surface area contributed by atoms with Crippen molar-refractivity contribution < 1.29 is 4.39 Å². The van der Waals surface area contributed by atoms with Gasteiger partial charge in [0.05, 0.1) is 6.20 Å². The van der Waals surface area contributed by atoms with E-state index < -0.39 is 5.82 Å². The van der Waals surface area contributed by atoms with Crippen LogP contribution in [0.15, 0.2) is 6.20 Å². The monoisotopic (exact) mass is 268 g/mol. The van der Waals surface area contributed by atoms with E-state index in [2.05, 4.69) is 34.1 Å². The lowest BCUT2D eigenvalue weighted by Crippen LogP contribution is -2.37. The Labute approximate surface area is 112 Å². The van der Waals surface area contributed by atoms with E-state index in [-0.39, 0.29) is 5.95 Å². The molecule has 3 N–H and O–H groups in total. The van der Waals surface area contributed by atoms with Crippen molar-refractivity contribution in [2.45, 2.75) is 26.3 Å². The van der Waals surface area contributed by atoms with Gasteiger partial charge in [0, 0.05) is 19.1 Å². The van der Waals surface area contributed by atoms with Gasteiger partial charge in [0.25, 0.3) is 0 Å². The van der Waals surface area contributed by atoms with E-state index in [9.17, 15) is 4.39 Å². The van der Waals surface area contributed by atoms with Crippen molar-refractivity contribution in [3.8, 4) is 0 Å². The van der Waals surface area contributed by atoms with Crippen LogP contribution < -0.4 is 16.2 Å². The van der Waals surface area contributed by atoms with Crippen LogP contribution in [0.5, 0.6) is 0 Å². The first-order valence-electron chi connectivity index (χ1n) is 6.67. The molecule has 2 heterocycles. The summed E-state index contributed by atoms with van der Waals surface area (Å²) in [4.78, 5) is 12.2. The molecule has 7 heteroatoms. The average Bonchev–Trinajstić information content (AvgIpc) is 2.90. The zero-order chi connectivity index (χ0) is 13.8. The zero-order valence-electron chi connectivity index (χ0n) is 11.4. The van der Waals surface area contributed by atoms with Crippen LogP contribution in [0.1, 0.15) is 20.3 Å². The number of rotatable bonds is 5. The van der Waals surface area contributed by atoms with E-state index in [4.69, 9.17) is 5.84 Å². The number of nitrogen functional groups attached to an aromatic ring is 1. The molecule has 0 bridgehead atoms. The maximum absolute atomic E-state index is 13.8. The molecule has 1 aliphatic heterocycles. The third kappa shape index (κ3) is 2.93. The van der Waals surface area contributed by atoms with Gasteiger partial charge < -0.3 is 4.90 Å². The number of hydrogen-bond acceptors (Lipinski definition) is 6. The highest BCUT2D eigenvalue weighted by atomic mass is 19.1. The van der Waals surface area contributed by atoms with Crippen LogP contribution in [0, 0.1) is 5.82 Å². The number of likely N-dealkylation sites (N-methyl/N-ethyl adjacent to an activating group) is 1.